The predicted octanol–water partition coefficient (Wildman–Crippen LogP) is 7.26. The maximum atomic E-state index is 3.72. The van der Waals surface area contributed by atoms with Gasteiger partial charge in [-0.1, -0.05) is 96.3 Å². The third-order valence-electron chi connectivity index (χ3n) is 3.29. The summed E-state index contributed by atoms with van der Waals surface area (Å²) >= 11 is 11.0. The second-order valence-electron chi connectivity index (χ2n) is 4.66. The molecule has 3 heteroatoms. The molecule has 0 radical (unpaired) electrons. The van der Waals surface area contributed by atoms with E-state index in [1.807, 2.05) is 18.2 Å². The molecule has 0 bridgehead atoms. The lowest BCUT2D eigenvalue weighted by atomic mass is 10.0. The third kappa shape index (κ3) is 3.15. The minimum absolute atomic E-state index is 1.07. The first-order valence-corrected chi connectivity index (χ1v) is 8.84. The van der Waals surface area contributed by atoms with Gasteiger partial charge in [0.25, 0.3) is 0 Å². The Kier molecular flexibility index (Phi) is 4.63. The molecule has 0 aliphatic carbocycles. The van der Waals surface area contributed by atoms with Crippen molar-refractivity contribution in [1.29, 1.82) is 0 Å². The average Bonchev–Trinajstić information content (AvgIpc) is 2.48. The van der Waals surface area contributed by atoms with Crippen molar-refractivity contribution in [3.63, 3.8) is 0 Å². The molecule has 0 N–H and O–H groups in total. The van der Waals surface area contributed by atoms with Crippen LogP contribution in [0.25, 0.3) is 21.3 Å². The highest BCUT2D eigenvalue weighted by Gasteiger charge is 2.09. The molecular formula is C18H11Br3. The Morgan fingerprint density at radius 2 is 1.48 bits per heavy atom. The van der Waals surface area contributed by atoms with E-state index in [-0.39, 0.29) is 0 Å². The van der Waals surface area contributed by atoms with Crippen molar-refractivity contribution in [2.75, 3.05) is 0 Å². The van der Waals surface area contributed by atoms with Gasteiger partial charge in [0.15, 0.2) is 0 Å². The predicted molar refractivity (Wildman–Crippen MR) is 103 cm³/mol. The number of fused-ring (bicyclic) bond motifs is 1. The third-order valence-corrected chi connectivity index (χ3v) is 5.27. The standard InChI is InChI=1S/C18H11Br3/c19-15-8-4-7-14-13(9-10-16(20)18(14)15)17(21)11-12-5-2-1-3-6-12/h1-11H. The number of halogens is 3. The molecule has 0 aromatic heterocycles. The molecule has 0 unspecified atom stereocenters. The van der Waals surface area contributed by atoms with Gasteiger partial charge in [-0.3, -0.25) is 0 Å². The van der Waals surface area contributed by atoms with Crippen LogP contribution >= 0.6 is 47.8 Å². The van der Waals surface area contributed by atoms with Gasteiger partial charge in [0.1, 0.15) is 0 Å². The Hall–Kier alpha value is -0.900. The number of benzene rings is 3. The van der Waals surface area contributed by atoms with E-state index >= 15 is 0 Å². The minimum atomic E-state index is 1.07. The van der Waals surface area contributed by atoms with E-state index in [2.05, 4.69) is 96.3 Å². The summed E-state index contributed by atoms with van der Waals surface area (Å²) in [5.41, 5.74) is 2.36. The van der Waals surface area contributed by atoms with Crippen molar-refractivity contribution in [2.24, 2.45) is 0 Å². The molecule has 0 saturated carbocycles. The van der Waals surface area contributed by atoms with Gasteiger partial charge in [-0.05, 0) is 34.7 Å². The molecule has 0 atom stereocenters. The Balaban J connectivity index is 2.20. The van der Waals surface area contributed by atoms with E-state index in [1.54, 1.807) is 0 Å². The summed E-state index contributed by atoms with van der Waals surface area (Å²) < 4.78 is 3.26. The van der Waals surface area contributed by atoms with Crippen molar-refractivity contribution in [1.82, 2.24) is 0 Å². The molecule has 21 heavy (non-hydrogen) atoms. The monoisotopic (exact) mass is 464 g/mol. The smallest absolute Gasteiger partial charge is 0.0265 e. The van der Waals surface area contributed by atoms with E-state index in [1.165, 1.54) is 21.9 Å². The molecule has 0 heterocycles. The van der Waals surface area contributed by atoms with Gasteiger partial charge in [0.2, 0.25) is 0 Å². The highest BCUT2D eigenvalue weighted by atomic mass is 79.9. The van der Waals surface area contributed by atoms with E-state index in [9.17, 15) is 0 Å². The number of hydrogen-bond acceptors (Lipinski definition) is 0. The summed E-state index contributed by atoms with van der Waals surface area (Å²) in [7, 11) is 0. The van der Waals surface area contributed by atoms with Crippen LogP contribution in [-0.4, -0.2) is 0 Å². The molecule has 0 spiro atoms. The Bertz CT molecular complexity index is 812. The summed E-state index contributed by atoms with van der Waals surface area (Å²) in [5, 5.41) is 2.39. The van der Waals surface area contributed by atoms with Crippen molar-refractivity contribution >= 4 is 69.1 Å². The summed E-state index contributed by atoms with van der Waals surface area (Å²) in [4.78, 5) is 0. The SMILES string of the molecule is BrC(=Cc1ccccc1)c1ccc(Br)c2c(Br)cccc12. The number of rotatable bonds is 2. The maximum Gasteiger partial charge on any atom is 0.0265 e. The molecule has 3 aromatic carbocycles. The van der Waals surface area contributed by atoms with Crippen LogP contribution in [0.3, 0.4) is 0 Å². The first kappa shape index (κ1) is 15.0. The zero-order valence-corrected chi connectivity index (χ0v) is 15.7. The fourth-order valence-corrected chi connectivity index (χ4v) is 4.32. The normalized spacial score (nSPS) is 11.9. The molecule has 104 valence electrons. The average molecular weight is 467 g/mol. The zero-order chi connectivity index (χ0) is 14.8. The molecular weight excluding hydrogens is 456 g/mol. The molecule has 3 rings (SSSR count). The lowest BCUT2D eigenvalue weighted by molar-refractivity contribution is 1.64. The van der Waals surface area contributed by atoms with E-state index in [4.69, 9.17) is 0 Å². The van der Waals surface area contributed by atoms with E-state index in [0.29, 0.717) is 0 Å². The van der Waals surface area contributed by atoms with Crippen LogP contribution in [0.4, 0.5) is 0 Å². The molecule has 0 aliphatic heterocycles. The van der Waals surface area contributed by atoms with Gasteiger partial charge in [0, 0.05) is 18.8 Å². The number of hydrogen-bond donors (Lipinski definition) is 0. The van der Waals surface area contributed by atoms with Crippen LogP contribution in [0, 0.1) is 0 Å². The molecule has 0 aliphatic rings. The van der Waals surface area contributed by atoms with Gasteiger partial charge in [-0.2, -0.15) is 0 Å². The van der Waals surface area contributed by atoms with Crippen LogP contribution in [0.2, 0.25) is 0 Å². The minimum Gasteiger partial charge on any atom is -0.0622 e. The van der Waals surface area contributed by atoms with Crippen LogP contribution in [-0.2, 0) is 0 Å². The van der Waals surface area contributed by atoms with Gasteiger partial charge < -0.3 is 0 Å². The Morgan fingerprint density at radius 1 is 0.762 bits per heavy atom. The summed E-state index contributed by atoms with van der Waals surface area (Å²) in [5.74, 6) is 0. The lowest BCUT2D eigenvalue weighted by Gasteiger charge is -2.09. The van der Waals surface area contributed by atoms with Crippen molar-refractivity contribution in [3.05, 3.63) is 80.7 Å². The summed E-state index contributed by atoms with van der Waals surface area (Å²) in [6.45, 7) is 0. The van der Waals surface area contributed by atoms with Gasteiger partial charge in [-0.25, -0.2) is 0 Å². The van der Waals surface area contributed by atoms with Crippen molar-refractivity contribution in [2.45, 2.75) is 0 Å². The van der Waals surface area contributed by atoms with Gasteiger partial charge >= 0.3 is 0 Å². The van der Waals surface area contributed by atoms with Crippen LogP contribution in [0.5, 0.6) is 0 Å². The van der Waals surface area contributed by atoms with Crippen molar-refractivity contribution in [3.8, 4) is 0 Å². The van der Waals surface area contributed by atoms with Crippen molar-refractivity contribution < 1.29 is 0 Å². The van der Waals surface area contributed by atoms with Gasteiger partial charge in [0.05, 0.1) is 0 Å². The zero-order valence-electron chi connectivity index (χ0n) is 11.0. The van der Waals surface area contributed by atoms with E-state index in [0.717, 1.165) is 13.4 Å². The van der Waals surface area contributed by atoms with Crippen LogP contribution in [0.15, 0.2) is 69.6 Å². The topological polar surface area (TPSA) is 0 Å². The lowest BCUT2D eigenvalue weighted by Crippen LogP contribution is -1.84. The van der Waals surface area contributed by atoms with E-state index < -0.39 is 0 Å². The fraction of sp³-hybridized carbons (Fsp3) is 0. The summed E-state index contributed by atoms with van der Waals surface area (Å²) in [6.07, 6.45) is 2.14. The Morgan fingerprint density at radius 3 is 2.24 bits per heavy atom. The molecule has 0 nitrogen and oxygen atoms in total. The summed E-state index contributed by atoms with van der Waals surface area (Å²) in [6, 6.07) is 20.8. The highest BCUT2D eigenvalue weighted by molar-refractivity contribution is 9.15. The Labute approximate surface area is 149 Å². The highest BCUT2D eigenvalue weighted by Crippen LogP contribution is 2.37. The maximum absolute atomic E-state index is 3.72. The van der Waals surface area contributed by atoms with Crippen LogP contribution < -0.4 is 0 Å². The first-order valence-electron chi connectivity index (χ1n) is 6.46. The molecule has 3 aromatic rings. The fourth-order valence-electron chi connectivity index (χ4n) is 2.30. The van der Waals surface area contributed by atoms with Crippen LogP contribution in [0.1, 0.15) is 11.1 Å². The largest absolute Gasteiger partial charge is 0.0622 e. The quantitative estimate of drug-likeness (QED) is 0.349. The molecule has 0 fully saturated rings. The second-order valence-corrected chi connectivity index (χ2v) is 7.22. The molecule has 0 amide bonds. The van der Waals surface area contributed by atoms with Gasteiger partial charge in [-0.15, -0.1) is 0 Å². The first-order chi connectivity index (χ1) is 10.2. The second kappa shape index (κ2) is 6.47. The molecule has 0 saturated heterocycles.